The van der Waals surface area contributed by atoms with Gasteiger partial charge in [0.1, 0.15) is 0 Å². The molecule has 6 heteroatoms. The maximum absolute atomic E-state index is 12.5. The Hall–Kier alpha value is -1.95. The Bertz CT molecular complexity index is 724. The molecule has 0 aliphatic carbocycles. The van der Waals surface area contributed by atoms with E-state index in [0.29, 0.717) is 17.4 Å². The number of piperidine rings is 1. The first-order valence-electron chi connectivity index (χ1n) is 8.19. The van der Waals surface area contributed by atoms with Gasteiger partial charge in [-0.15, -0.1) is 10.2 Å². The summed E-state index contributed by atoms with van der Waals surface area (Å²) in [5, 5.41) is 11.4. The van der Waals surface area contributed by atoms with Crippen LogP contribution in [0.25, 0.3) is 0 Å². The first-order valence-corrected chi connectivity index (χ1v) is 8.98. The van der Waals surface area contributed by atoms with Crippen molar-refractivity contribution >= 4 is 33.3 Å². The molecule has 1 saturated heterocycles. The first-order chi connectivity index (χ1) is 11.5. The van der Waals surface area contributed by atoms with E-state index in [1.165, 1.54) is 5.56 Å². The number of nitrogens with one attached hydrogen (secondary N) is 1. The second-order valence-corrected chi connectivity index (χ2v) is 7.22. The van der Waals surface area contributed by atoms with Gasteiger partial charge in [-0.05, 0) is 55.5 Å². The first kappa shape index (κ1) is 16.9. The highest BCUT2D eigenvalue weighted by Gasteiger charge is 2.22. The van der Waals surface area contributed by atoms with Crippen molar-refractivity contribution in [1.29, 1.82) is 0 Å². The molecule has 0 spiro atoms. The van der Waals surface area contributed by atoms with Crippen LogP contribution in [0.5, 0.6) is 0 Å². The average Bonchev–Trinajstić information content (AvgIpc) is 2.59. The van der Waals surface area contributed by atoms with Gasteiger partial charge < -0.3 is 10.2 Å². The predicted molar refractivity (Wildman–Crippen MR) is 98.5 cm³/mol. The average molecular weight is 389 g/mol. The largest absolute Gasteiger partial charge is 0.339 e. The normalized spacial score (nSPS) is 15.4. The van der Waals surface area contributed by atoms with Gasteiger partial charge in [0.2, 0.25) is 0 Å². The number of aromatic nitrogens is 2. The zero-order valence-corrected chi connectivity index (χ0v) is 15.5. The molecule has 1 aromatic carbocycles. The molecule has 0 unspecified atom stereocenters. The summed E-state index contributed by atoms with van der Waals surface area (Å²) in [5.41, 5.74) is 2.49. The fraction of sp³-hybridized carbons (Fsp3) is 0.389. The van der Waals surface area contributed by atoms with E-state index in [-0.39, 0.29) is 5.91 Å². The molecule has 0 saturated carbocycles. The maximum Gasteiger partial charge on any atom is 0.274 e. The highest BCUT2D eigenvalue weighted by atomic mass is 79.9. The number of rotatable bonds is 3. The Labute approximate surface area is 150 Å². The molecule has 3 rings (SSSR count). The summed E-state index contributed by atoms with van der Waals surface area (Å²) in [4.78, 5) is 14.3. The third kappa shape index (κ3) is 3.93. The van der Waals surface area contributed by atoms with Crippen LogP contribution < -0.4 is 5.32 Å². The monoisotopic (exact) mass is 388 g/mol. The molecule has 2 aromatic rings. The van der Waals surface area contributed by atoms with Crippen molar-refractivity contribution in [3.05, 3.63) is 46.1 Å². The second-order valence-electron chi connectivity index (χ2n) is 6.37. The van der Waals surface area contributed by atoms with Crippen LogP contribution in [-0.2, 0) is 0 Å². The summed E-state index contributed by atoms with van der Waals surface area (Å²) >= 11 is 3.51. The van der Waals surface area contributed by atoms with E-state index in [1.807, 2.05) is 30.0 Å². The van der Waals surface area contributed by atoms with Gasteiger partial charge in [-0.25, -0.2) is 0 Å². The van der Waals surface area contributed by atoms with Gasteiger partial charge in [-0.1, -0.05) is 28.9 Å². The Morgan fingerprint density at radius 2 is 1.96 bits per heavy atom. The number of hydrogen-bond acceptors (Lipinski definition) is 4. The Balaban J connectivity index is 1.66. The van der Waals surface area contributed by atoms with Crippen LogP contribution in [0.4, 0.5) is 11.5 Å². The third-order valence-electron chi connectivity index (χ3n) is 4.40. The number of anilines is 2. The lowest BCUT2D eigenvalue weighted by molar-refractivity contribution is 0.0690. The van der Waals surface area contributed by atoms with Crippen LogP contribution in [0.1, 0.15) is 35.8 Å². The smallest absolute Gasteiger partial charge is 0.274 e. The van der Waals surface area contributed by atoms with E-state index in [9.17, 15) is 4.79 Å². The van der Waals surface area contributed by atoms with Crippen LogP contribution in [-0.4, -0.2) is 34.1 Å². The maximum atomic E-state index is 12.5. The van der Waals surface area contributed by atoms with Gasteiger partial charge in [0.15, 0.2) is 11.5 Å². The lowest BCUT2D eigenvalue weighted by atomic mass is 9.99. The summed E-state index contributed by atoms with van der Waals surface area (Å²) in [6.45, 7) is 5.87. The van der Waals surface area contributed by atoms with E-state index in [4.69, 9.17) is 0 Å². The fourth-order valence-electron chi connectivity index (χ4n) is 2.71. The minimum absolute atomic E-state index is 0.0287. The van der Waals surface area contributed by atoms with Crippen LogP contribution in [0.2, 0.25) is 0 Å². The van der Waals surface area contributed by atoms with Crippen molar-refractivity contribution in [3.8, 4) is 0 Å². The van der Waals surface area contributed by atoms with E-state index in [2.05, 4.69) is 38.4 Å². The predicted octanol–water partition coefficient (Wildman–Crippen LogP) is 4.16. The number of likely N-dealkylation sites (tertiary alicyclic amines) is 1. The lowest BCUT2D eigenvalue weighted by Gasteiger charge is -2.29. The molecule has 1 fully saturated rings. The van der Waals surface area contributed by atoms with Gasteiger partial charge in [0, 0.05) is 23.2 Å². The molecule has 0 bridgehead atoms. The molecule has 126 valence electrons. The minimum atomic E-state index is -0.0287. The SMILES string of the molecule is Cc1ccc(Nc2ccc(C(=O)N3CCC(C)CC3)nn2)cc1Br. The molecule has 0 radical (unpaired) electrons. The molecule has 5 nitrogen and oxygen atoms in total. The van der Waals surface area contributed by atoms with Crippen LogP contribution >= 0.6 is 15.9 Å². The van der Waals surface area contributed by atoms with Gasteiger partial charge in [0.05, 0.1) is 0 Å². The second kappa shape index (κ2) is 7.30. The fourth-order valence-corrected chi connectivity index (χ4v) is 3.08. The summed E-state index contributed by atoms with van der Waals surface area (Å²) in [6.07, 6.45) is 2.11. The van der Waals surface area contributed by atoms with Gasteiger partial charge in [-0.2, -0.15) is 0 Å². The summed E-state index contributed by atoms with van der Waals surface area (Å²) in [6, 6.07) is 9.52. The number of carbonyl (C=O) groups is 1. The van der Waals surface area contributed by atoms with Crippen molar-refractivity contribution in [2.75, 3.05) is 18.4 Å². The number of carbonyl (C=O) groups excluding carboxylic acids is 1. The van der Waals surface area contributed by atoms with Crippen molar-refractivity contribution in [3.63, 3.8) is 0 Å². The van der Waals surface area contributed by atoms with Crippen molar-refractivity contribution in [2.24, 2.45) is 5.92 Å². The van der Waals surface area contributed by atoms with Crippen molar-refractivity contribution < 1.29 is 4.79 Å². The van der Waals surface area contributed by atoms with Crippen molar-refractivity contribution in [2.45, 2.75) is 26.7 Å². The lowest BCUT2D eigenvalue weighted by Crippen LogP contribution is -2.38. The minimum Gasteiger partial charge on any atom is -0.339 e. The van der Waals surface area contributed by atoms with Gasteiger partial charge in [-0.3, -0.25) is 4.79 Å². The number of nitrogens with zero attached hydrogens (tertiary/aromatic N) is 3. The van der Waals surface area contributed by atoms with E-state index < -0.39 is 0 Å². The molecule has 1 N–H and O–H groups in total. The zero-order valence-electron chi connectivity index (χ0n) is 13.9. The summed E-state index contributed by atoms with van der Waals surface area (Å²) < 4.78 is 1.03. The highest BCUT2D eigenvalue weighted by molar-refractivity contribution is 9.10. The van der Waals surface area contributed by atoms with E-state index in [0.717, 1.165) is 36.1 Å². The molecule has 24 heavy (non-hydrogen) atoms. The zero-order chi connectivity index (χ0) is 17.1. The number of benzene rings is 1. The molecule has 1 aromatic heterocycles. The quantitative estimate of drug-likeness (QED) is 0.857. The van der Waals surface area contributed by atoms with Gasteiger partial charge in [0.25, 0.3) is 5.91 Å². The van der Waals surface area contributed by atoms with E-state index in [1.54, 1.807) is 12.1 Å². The molecule has 1 amide bonds. The Morgan fingerprint density at radius 3 is 2.58 bits per heavy atom. The number of aryl methyl sites for hydroxylation is 1. The molecule has 1 aliphatic rings. The number of amides is 1. The van der Waals surface area contributed by atoms with Crippen LogP contribution in [0, 0.1) is 12.8 Å². The standard InChI is InChI=1S/C18H21BrN4O/c1-12-7-9-23(10-8-12)18(24)16-5-6-17(22-21-16)20-14-4-3-13(2)15(19)11-14/h3-6,11-12H,7-10H2,1-2H3,(H,20,22). The topological polar surface area (TPSA) is 58.1 Å². The summed E-state index contributed by atoms with van der Waals surface area (Å²) in [5.74, 6) is 1.29. The van der Waals surface area contributed by atoms with E-state index >= 15 is 0 Å². The third-order valence-corrected chi connectivity index (χ3v) is 5.25. The Kier molecular flexibility index (Phi) is 5.14. The number of hydrogen-bond donors (Lipinski definition) is 1. The van der Waals surface area contributed by atoms with Crippen LogP contribution in [0.3, 0.4) is 0 Å². The highest BCUT2D eigenvalue weighted by Crippen LogP contribution is 2.23. The molecular weight excluding hydrogens is 368 g/mol. The van der Waals surface area contributed by atoms with Crippen LogP contribution in [0.15, 0.2) is 34.8 Å². The van der Waals surface area contributed by atoms with Gasteiger partial charge >= 0.3 is 0 Å². The molecule has 0 atom stereocenters. The molecular formula is C18H21BrN4O. The molecule has 2 heterocycles. The Morgan fingerprint density at radius 1 is 1.21 bits per heavy atom. The number of halogens is 1. The summed E-state index contributed by atoms with van der Waals surface area (Å²) in [7, 11) is 0. The van der Waals surface area contributed by atoms with Crippen molar-refractivity contribution in [1.82, 2.24) is 15.1 Å². The molecule has 1 aliphatic heterocycles.